The van der Waals surface area contributed by atoms with Crippen molar-refractivity contribution in [3.05, 3.63) is 0 Å². The predicted octanol–water partition coefficient (Wildman–Crippen LogP) is 3.69. The zero-order valence-corrected chi connectivity index (χ0v) is 11.4. The molecule has 1 saturated carbocycles. The first kappa shape index (κ1) is 13.4. The van der Waals surface area contributed by atoms with Crippen LogP contribution < -0.4 is 5.32 Å². The maximum Gasteiger partial charge on any atom is 0.0157 e. The Morgan fingerprint density at radius 2 is 1.87 bits per heavy atom. The van der Waals surface area contributed by atoms with E-state index in [2.05, 4.69) is 38.0 Å². The lowest BCUT2D eigenvalue weighted by Gasteiger charge is -2.24. The van der Waals surface area contributed by atoms with Gasteiger partial charge in [0.25, 0.3) is 0 Å². The van der Waals surface area contributed by atoms with Gasteiger partial charge in [-0.05, 0) is 32.2 Å². The first-order chi connectivity index (χ1) is 7.22. The highest BCUT2D eigenvalue weighted by Gasteiger charge is 2.16. The van der Waals surface area contributed by atoms with E-state index in [9.17, 15) is 0 Å². The van der Waals surface area contributed by atoms with Crippen LogP contribution in [-0.4, -0.2) is 24.1 Å². The van der Waals surface area contributed by atoms with Crippen molar-refractivity contribution in [1.82, 2.24) is 5.32 Å². The molecule has 1 unspecified atom stereocenters. The van der Waals surface area contributed by atoms with Gasteiger partial charge in [0, 0.05) is 17.0 Å². The third-order valence-corrected chi connectivity index (χ3v) is 4.79. The molecule has 1 aliphatic carbocycles. The van der Waals surface area contributed by atoms with Gasteiger partial charge in [0.1, 0.15) is 0 Å². The molecule has 1 rings (SSSR count). The van der Waals surface area contributed by atoms with E-state index in [4.69, 9.17) is 0 Å². The zero-order chi connectivity index (χ0) is 11.1. The van der Waals surface area contributed by atoms with Crippen LogP contribution in [0.3, 0.4) is 0 Å². The minimum Gasteiger partial charge on any atom is -0.316 e. The van der Waals surface area contributed by atoms with Crippen molar-refractivity contribution in [2.24, 2.45) is 5.92 Å². The van der Waals surface area contributed by atoms with Crippen LogP contribution in [0.1, 0.15) is 52.4 Å². The van der Waals surface area contributed by atoms with Crippen LogP contribution in [-0.2, 0) is 0 Å². The van der Waals surface area contributed by atoms with Crippen molar-refractivity contribution in [2.45, 2.75) is 63.7 Å². The van der Waals surface area contributed by atoms with Crippen LogP contribution in [0.5, 0.6) is 0 Å². The molecule has 0 radical (unpaired) electrons. The largest absolute Gasteiger partial charge is 0.316 e. The number of rotatable bonds is 6. The van der Waals surface area contributed by atoms with Crippen LogP contribution >= 0.6 is 11.8 Å². The molecule has 0 saturated heterocycles. The van der Waals surface area contributed by atoms with Gasteiger partial charge in [-0.2, -0.15) is 11.8 Å². The maximum atomic E-state index is 3.45. The summed E-state index contributed by atoms with van der Waals surface area (Å²) >= 11 is 2.21. The Bertz CT molecular complexity index is 153. The molecular formula is C13H27NS. The van der Waals surface area contributed by atoms with Crippen molar-refractivity contribution < 1.29 is 0 Å². The van der Waals surface area contributed by atoms with E-state index < -0.39 is 0 Å². The molecular weight excluding hydrogens is 202 g/mol. The minimum atomic E-state index is 0.719. The average molecular weight is 229 g/mol. The van der Waals surface area contributed by atoms with Crippen LogP contribution in [0, 0.1) is 5.92 Å². The SMILES string of the molecule is CNC(CSC1CCCCC1)CC(C)C. The number of thioether (sulfide) groups is 1. The van der Waals surface area contributed by atoms with Crippen molar-refractivity contribution in [1.29, 1.82) is 0 Å². The minimum absolute atomic E-state index is 0.719. The highest BCUT2D eigenvalue weighted by molar-refractivity contribution is 7.99. The summed E-state index contributed by atoms with van der Waals surface area (Å²) in [6.07, 6.45) is 8.64. The van der Waals surface area contributed by atoms with Gasteiger partial charge in [0.05, 0.1) is 0 Å². The topological polar surface area (TPSA) is 12.0 Å². The van der Waals surface area contributed by atoms with Crippen LogP contribution in [0.4, 0.5) is 0 Å². The molecule has 0 aromatic heterocycles. The standard InChI is InChI=1S/C13H27NS/c1-11(2)9-12(14-3)10-15-13-7-5-4-6-8-13/h11-14H,4-10H2,1-3H3. The summed E-state index contributed by atoms with van der Waals surface area (Å²) in [7, 11) is 2.11. The highest BCUT2D eigenvalue weighted by Crippen LogP contribution is 2.29. The van der Waals surface area contributed by atoms with E-state index in [1.807, 2.05) is 0 Å². The zero-order valence-electron chi connectivity index (χ0n) is 10.6. The summed E-state index contributed by atoms with van der Waals surface area (Å²) in [5.41, 5.74) is 0. The van der Waals surface area contributed by atoms with Crippen molar-refractivity contribution >= 4 is 11.8 Å². The van der Waals surface area contributed by atoms with E-state index in [0.717, 1.165) is 17.2 Å². The van der Waals surface area contributed by atoms with Crippen molar-refractivity contribution in [3.63, 3.8) is 0 Å². The monoisotopic (exact) mass is 229 g/mol. The molecule has 1 atom stereocenters. The lowest BCUT2D eigenvalue weighted by atomic mass is 10.0. The molecule has 0 bridgehead atoms. The van der Waals surface area contributed by atoms with Gasteiger partial charge in [0.2, 0.25) is 0 Å². The Balaban J connectivity index is 2.14. The lowest BCUT2D eigenvalue weighted by Crippen LogP contribution is -2.30. The van der Waals surface area contributed by atoms with Gasteiger partial charge >= 0.3 is 0 Å². The summed E-state index contributed by atoms with van der Waals surface area (Å²) in [4.78, 5) is 0. The molecule has 1 nitrogen and oxygen atoms in total. The Hall–Kier alpha value is 0.310. The summed E-state index contributed by atoms with van der Waals surface area (Å²) in [5, 5.41) is 4.41. The van der Waals surface area contributed by atoms with E-state index >= 15 is 0 Å². The highest BCUT2D eigenvalue weighted by atomic mass is 32.2. The Morgan fingerprint density at radius 1 is 1.20 bits per heavy atom. The first-order valence-corrected chi connectivity index (χ1v) is 7.56. The van der Waals surface area contributed by atoms with Crippen LogP contribution in [0.15, 0.2) is 0 Å². The second-order valence-electron chi connectivity index (χ2n) is 5.21. The molecule has 0 aromatic carbocycles. The second-order valence-corrected chi connectivity index (χ2v) is 6.54. The molecule has 2 heteroatoms. The van der Waals surface area contributed by atoms with Crippen molar-refractivity contribution in [3.8, 4) is 0 Å². The summed E-state index contributed by atoms with van der Waals surface area (Å²) in [6.45, 7) is 4.63. The third-order valence-electron chi connectivity index (χ3n) is 3.25. The molecule has 90 valence electrons. The Labute approximate surface area is 99.8 Å². The number of hydrogen-bond donors (Lipinski definition) is 1. The average Bonchev–Trinajstić information content (AvgIpc) is 2.25. The van der Waals surface area contributed by atoms with E-state index in [-0.39, 0.29) is 0 Å². The van der Waals surface area contributed by atoms with Crippen molar-refractivity contribution in [2.75, 3.05) is 12.8 Å². The smallest absolute Gasteiger partial charge is 0.0157 e. The molecule has 0 amide bonds. The summed E-state index contributed by atoms with van der Waals surface area (Å²) in [5.74, 6) is 2.12. The Kier molecular flexibility index (Phi) is 6.74. The molecule has 1 N–H and O–H groups in total. The van der Waals surface area contributed by atoms with Crippen LogP contribution in [0.2, 0.25) is 0 Å². The number of hydrogen-bond acceptors (Lipinski definition) is 2. The fraction of sp³-hybridized carbons (Fsp3) is 1.00. The molecule has 15 heavy (non-hydrogen) atoms. The molecule has 0 spiro atoms. The van der Waals surface area contributed by atoms with E-state index in [1.54, 1.807) is 0 Å². The fourth-order valence-corrected chi connectivity index (χ4v) is 3.80. The molecule has 0 aromatic rings. The van der Waals surface area contributed by atoms with Gasteiger partial charge in [0.15, 0.2) is 0 Å². The Morgan fingerprint density at radius 3 is 2.40 bits per heavy atom. The lowest BCUT2D eigenvalue weighted by molar-refractivity contribution is 0.471. The van der Waals surface area contributed by atoms with Gasteiger partial charge < -0.3 is 5.32 Å². The van der Waals surface area contributed by atoms with Gasteiger partial charge in [-0.3, -0.25) is 0 Å². The van der Waals surface area contributed by atoms with Gasteiger partial charge in [-0.25, -0.2) is 0 Å². The molecule has 1 aliphatic rings. The van der Waals surface area contributed by atoms with E-state index in [1.165, 1.54) is 44.3 Å². The van der Waals surface area contributed by atoms with Crippen LogP contribution in [0.25, 0.3) is 0 Å². The molecule has 1 fully saturated rings. The number of nitrogens with one attached hydrogen (secondary N) is 1. The third kappa shape index (κ3) is 5.82. The summed E-state index contributed by atoms with van der Waals surface area (Å²) in [6, 6.07) is 0.719. The normalized spacial score (nSPS) is 20.8. The van der Waals surface area contributed by atoms with Gasteiger partial charge in [-0.1, -0.05) is 33.1 Å². The molecule has 0 heterocycles. The van der Waals surface area contributed by atoms with E-state index in [0.29, 0.717) is 0 Å². The molecule has 0 aliphatic heterocycles. The van der Waals surface area contributed by atoms with Gasteiger partial charge in [-0.15, -0.1) is 0 Å². The summed E-state index contributed by atoms with van der Waals surface area (Å²) < 4.78 is 0. The quantitative estimate of drug-likeness (QED) is 0.745. The second kappa shape index (κ2) is 7.56. The maximum absolute atomic E-state index is 3.45. The first-order valence-electron chi connectivity index (χ1n) is 6.51. The fourth-order valence-electron chi connectivity index (χ4n) is 2.32. The predicted molar refractivity (Wildman–Crippen MR) is 71.6 cm³/mol.